The van der Waals surface area contributed by atoms with E-state index in [1.54, 1.807) is 0 Å². The van der Waals surface area contributed by atoms with Crippen molar-refractivity contribution >= 4 is 46.0 Å². The summed E-state index contributed by atoms with van der Waals surface area (Å²) in [6, 6.07) is 0. The molecule has 0 amide bonds. The zero-order chi connectivity index (χ0) is 20.4. The first kappa shape index (κ1) is 26.0. The van der Waals surface area contributed by atoms with Crippen molar-refractivity contribution in [1.82, 2.24) is 0 Å². The number of carbonyl (C=O) groups excluding carboxylic acids is 1. The molecule has 1 N–H and O–H groups in total. The molecule has 0 aromatic heterocycles. The highest BCUT2D eigenvalue weighted by Gasteiger charge is 2.33. The molecule has 0 saturated heterocycles. The summed E-state index contributed by atoms with van der Waals surface area (Å²) < 4.78 is 0. The minimum absolute atomic E-state index is 0.260. The van der Waals surface area contributed by atoms with Gasteiger partial charge in [-0.05, 0) is 35.3 Å². The van der Waals surface area contributed by atoms with E-state index < -0.39 is 22.0 Å². The Labute approximate surface area is 174 Å². The molecule has 0 aromatic rings. The van der Waals surface area contributed by atoms with E-state index in [2.05, 4.69) is 0 Å². The first-order valence-electron chi connectivity index (χ1n) is 9.62. The molecular formula is C20H35Cl3O3. The van der Waals surface area contributed by atoms with Crippen molar-refractivity contribution in [2.75, 3.05) is 0 Å². The normalized spacial score (nSPS) is 14.9. The van der Waals surface area contributed by atoms with Crippen molar-refractivity contribution in [2.24, 2.45) is 10.8 Å². The van der Waals surface area contributed by atoms with E-state index in [-0.39, 0.29) is 10.8 Å². The van der Waals surface area contributed by atoms with E-state index in [1.807, 2.05) is 27.7 Å². The summed E-state index contributed by atoms with van der Waals surface area (Å²) in [6.07, 6.45) is 10.8. The minimum atomic E-state index is -0.934. The molecule has 0 rings (SSSR count). The third-order valence-electron chi connectivity index (χ3n) is 5.18. The molecule has 6 heteroatoms. The van der Waals surface area contributed by atoms with Crippen LogP contribution in [-0.4, -0.2) is 27.1 Å². The summed E-state index contributed by atoms with van der Waals surface area (Å²) in [7, 11) is 0. The van der Waals surface area contributed by atoms with Gasteiger partial charge in [-0.1, -0.05) is 79.1 Å². The van der Waals surface area contributed by atoms with Crippen LogP contribution in [0.25, 0.3) is 0 Å². The van der Waals surface area contributed by atoms with Gasteiger partial charge in [0.15, 0.2) is 0 Å². The number of alkyl halides is 2. The number of unbranched alkanes of at least 4 members (excludes halogenated alkanes) is 7. The van der Waals surface area contributed by atoms with E-state index in [0.29, 0.717) is 0 Å². The summed E-state index contributed by atoms with van der Waals surface area (Å²) in [5.74, 6) is -0.934. The summed E-state index contributed by atoms with van der Waals surface area (Å²) >= 11 is 17.5. The van der Waals surface area contributed by atoms with Gasteiger partial charge in [-0.3, -0.25) is 9.59 Å². The molecule has 0 fully saturated rings. The van der Waals surface area contributed by atoms with E-state index in [0.717, 1.165) is 38.5 Å². The number of carboxylic acids is 1. The van der Waals surface area contributed by atoms with Gasteiger partial charge in [0.05, 0.1) is 0 Å². The Morgan fingerprint density at radius 1 is 0.731 bits per heavy atom. The molecule has 0 bridgehead atoms. The van der Waals surface area contributed by atoms with Crippen molar-refractivity contribution in [3.05, 3.63) is 0 Å². The lowest BCUT2D eigenvalue weighted by Crippen LogP contribution is -2.31. The quantitative estimate of drug-likeness (QED) is 0.173. The van der Waals surface area contributed by atoms with Crippen LogP contribution in [0, 0.1) is 10.8 Å². The van der Waals surface area contributed by atoms with Gasteiger partial charge in [-0.25, -0.2) is 0 Å². The van der Waals surface area contributed by atoms with Crippen LogP contribution in [0.4, 0.5) is 0 Å². The molecule has 2 unspecified atom stereocenters. The van der Waals surface area contributed by atoms with Crippen LogP contribution in [0.15, 0.2) is 0 Å². The number of aliphatic carboxylic acids is 1. The zero-order valence-corrected chi connectivity index (χ0v) is 18.9. The highest BCUT2D eigenvalue weighted by Crippen LogP contribution is 2.34. The van der Waals surface area contributed by atoms with Crippen molar-refractivity contribution in [3.63, 3.8) is 0 Å². The van der Waals surface area contributed by atoms with Crippen molar-refractivity contribution < 1.29 is 14.7 Å². The Balaban J connectivity index is 3.69. The van der Waals surface area contributed by atoms with Crippen LogP contribution >= 0.6 is 34.8 Å². The van der Waals surface area contributed by atoms with Crippen molar-refractivity contribution in [3.8, 4) is 0 Å². The van der Waals surface area contributed by atoms with E-state index in [9.17, 15) is 9.59 Å². The highest BCUT2D eigenvalue weighted by atomic mass is 35.5. The third-order valence-corrected chi connectivity index (χ3v) is 7.08. The number of hydrogen-bond acceptors (Lipinski definition) is 2. The lowest BCUT2D eigenvalue weighted by molar-refractivity contribution is -0.138. The van der Waals surface area contributed by atoms with Crippen LogP contribution < -0.4 is 0 Å². The van der Waals surface area contributed by atoms with Crippen molar-refractivity contribution in [1.29, 1.82) is 0 Å². The number of halogens is 3. The summed E-state index contributed by atoms with van der Waals surface area (Å²) in [5.41, 5.74) is -0.631. The summed E-state index contributed by atoms with van der Waals surface area (Å²) in [4.78, 5) is 22.2. The number of hydrogen-bond donors (Lipinski definition) is 1. The van der Waals surface area contributed by atoms with Crippen LogP contribution in [0.2, 0.25) is 0 Å². The predicted octanol–water partition coefficient (Wildman–Crippen LogP) is 7.00. The minimum Gasteiger partial charge on any atom is -0.480 e. The Bertz CT molecular complexity index is 396. The maximum atomic E-state index is 11.2. The van der Waals surface area contributed by atoms with Gasteiger partial charge in [0.25, 0.3) is 0 Å². The molecular weight excluding hydrogens is 395 g/mol. The summed E-state index contributed by atoms with van der Waals surface area (Å²) in [5, 5.41) is 7.09. The second-order valence-corrected chi connectivity index (χ2v) is 9.92. The van der Waals surface area contributed by atoms with Gasteiger partial charge in [-0.15, -0.1) is 23.2 Å². The Morgan fingerprint density at radius 3 is 1.35 bits per heavy atom. The largest absolute Gasteiger partial charge is 0.480 e. The average Bonchev–Trinajstić information content (AvgIpc) is 2.54. The number of carbonyl (C=O) groups is 2. The fraction of sp³-hybridized carbons (Fsp3) is 0.900. The standard InChI is InChI=1S/C20H35Cl3O3/c1-19(2,15(21)17(23)24)13-11-9-7-5-6-8-10-12-14-20(3,4)16(22)18(25)26/h15-16H,5-14H2,1-4H3,(H,25,26). The fourth-order valence-electron chi connectivity index (χ4n) is 3.12. The first-order valence-corrected chi connectivity index (χ1v) is 10.9. The van der Waals surface area contributed by atoms with E-state index >= 15 is 0 Å². The SMILES string of the molecule is CC(C)(CCCCCCCCCCC(C)(C)C(Cl)C(=O)Cl)C(Cl)C(=O)O. The van der Waals surface area contributed by atoms with Gasteiger partial charge < -0.3 is 5.11 Å². The molecule has 0 aliphatic rings. The molecule has 154 valence electrons. The van der Waals surface area contributed by atoms with Crippen LogP contribution in [-0.2, 0) is 9.59 Å². The maximum absolute atomic E-state index is 11.2. The molecule has 0 heterocycles. The molecule has 0 aliphatic heterocycles. The van der Waals surface area contributed by atoms with Gasteiger partial charge in [0.1, 0.15) is 10.8 Å². The molecule has 26 heavy (non-hydrogen) atoms. The predicted molar refractivity (Wildman–Crippen MR) is 112 cm³/mol. The third kappa shape index (κ3) is 10.4. The van der Waals surface area contributed by atoms with Gasteiger partial charge in [-0.2, -0.15) is 0 Å². The average molecular weight is 430 g/mol. The van der Waals surface area contributed by atoms with Crippen LogP contribution in [0.5, 0.6) is 0 Å². The molecule has 0 radical (unpaired) electrons. The van der Waals surface area contributed by atoms with Gasteiger partial charge in [0, 0.05) is 0 Å². The topological polar surface area (TPSA) is 54.4 Å². The monoisotopic (exact) mass is 428 g/mol. The molecule has 0 spiro atoms. The van der Waals surface area contributed by atoms with Gasteiger partial charge >= 0.3 is 5.97 Å². The molecule has 0 aliphatic carbocycles. The number of carboxylic acid groups (broad SMARTS) is 1. The molecule has 2 atom stereocenters. The molecule has 0 saturated carbocycles. The fourth-order valence-corrected chi connectivity index (χ4v) is 3.63. The smallest absolute Gasteiger partial charge is 0.322 e. The van der Waals surface area contributed by atoms with Gasteiger partial charge in [0.2, 0.25) is 5.24 Å². The number of rotatable bonds is 15. The highest BCUT2D eigenvalue weighted by molar-refractivity contribution is 6.69. The lowest BCUT2D eigenvalue weighted by Gasteiger charge is -2.27. The Morgan fingerprint density at radius 2 is 1.04 bits per heavy atom. The maximum Gasteiger partial charge on any atom is 0.322 e. The lowest BCUT2D eigenvalue weighted by atomic mass is 9.83. The first-order chi connectivity index (χ1) is 11.9. The van der Waals surface area contributed by atoms with E-state index in [4.69, 9.17) is 39.9 Å². The summed E-state index contributed by atoms with van der Waals surface area (Å²) in [6.45, 7) is 7.82. The Kier molecular flexibility index (Phi) is 12.5. The van der Waals surface area contributed by atoms with Crippen molar-refractivity contribution in [2.45, 2.75) is 103 Å². The zero-order valence-electron chi connectivity index (χ0n) is 16.6. The Hall–Kier alpha value is 0.01000. The van der Waals surface area contributed by atoms with E-state index in [1.165, 1.54) is 25.7 Å². The van der Waals surface area contributed by atoms with Crippen LogP contribution in [0.1, 0.15) is 91.9 Å². The van der Waals surface area contributed by atoms with Crippen LogP contribution in [0.3, 0.4) is 0 Å². The molecule has 0 aromatic carbocycles. The second kappa shape index (κ2) is 12.5. The second-order valence-electron chi connectivity index (χ2n) is 8.67. The molecule has 3 nitrogen and oxygen atoms in total.